The predicted molar refractivity (Wildman–Crippen MR) is 76.4 cm³/mol. The van der Waals surface area contributed by atoms with Crippen molar-refractivity contribution in [2.45, 2.75) is 25.4 Å². The minimum Gasteiger partial charge on any atom is -0.409 e. The van der Waals surface area contributed by atoms with Crippen molar-refractivity contribution >= 4 is 11.7 Å². The van der Waals surface area contributed by atoms with Crippen molar-refractivity contribution in [3.63, 3.8) is 0 Å². The summed E-state index contributed by atoms with van der Waals surface area (Å²) < 4.78 is 13.3. The molecule has 1 aliphatic rings. The lowest BCUT2D eigenvalue weighted by Crippen LogP contribution is -2.46. The van der Waals surface area contributed by atoms with Crippen LogP contribution in [0.4, 0.5) is 4.39 Å². The smallest absolute Gasteiger partial charge is 0.222 e. The summed E-state index contributed by atoms with van der Waals surface area (Å²) in [5.41, 5.74) is 6.67. The molecule has 21 heavy (non-hydrogen) atoms. The van der Waals surface area contributed by atoms with E-state index in [1.165, 1.54) is 12.1 Å². The first-order chi connectivity index (χ1) is 10.0. The van der Waals surface area contributed by atoms with E-state index in [0.717, 1.165) is 12.0 Å². The fourth-order valence-electron chi connectivity index (χ4n) is 2.43. The normalized spacial score (nSPS) is 19.9. The number of likely N-dealkylation sites (tertiary alicyclic amines) is 1. The van der Waals surface area contributed by atoms with Crippen molar-refractivity contribution in [3.05, 3.63) is 35.1 Å². The number of halogens is 1. The topological polar surface area (TPSA) is 90.9 Å². The molecule has 2 rings (SSSR count). The summed E-state index contributed by atoms with van der Waals surface area (Å²) in [6, 6.07) is 4.36. The number of carbonyl (C=O) groups is 1. The summed E-state index contributed by atoms with van der Waals surface area (Å²) in [6.07, 6.45) is 1.29. The van der Waals surface area contributed by atoms with E-state index in [1.807, 2.05) is 0 Å². The summed E-state index contributed by atoms with van der Waals surface area (Å²) in [5.74, 6) is -0.419. The monoisotopic (exact) mass is 294 g/mol. The number of amides is 1. The molecule has 0 bridgehead atoms. The number of benzene rings is 1. The van der Waals surface area contributed by atoms with E-state index < -0.39 is 5.82 Å². The molecule has 0 saturated carbocycles. The molecule has 0 aliphatic carbocycles. The van der Waals surface area contributed by atoms with E-state index in [4.69, 9.17) is 10.9 Å². The van der Waals surface area contributed by atoms with Gasteiger partial charge in [-0.25, -0.2) is 4.39 Å². The maximum Gasteiger partial charge on any atom is 0.222 e. The largest absolute Gasteiger partial charge is 0.409 e. The van der Waals surface area contributed by atoms with Gasteiger partial charge in [-0.1, -0.05) is 11.2 Å². The molecule has 114 valence electrons. The zero-order valence-corrected chi connectivity index (χ0v) is 11.8. The van der Waals surface area contributed by atoms with Crippen LogP contribution in [0.15, 0.2) is 23.4 Å². The molecule has 1 fully saturated rings. The molecule has 7 heteroatoms. The summed E-state index contributed by atoms with van der Waals surface area (Å²) in [7, 11) is 1.77. The Morgan fingerprint density at radius 1 is 1.62 bits per heavy atom. The molecule has 1 atom stereocenters. The molecule has 0 radical (unpaired) electrons. The Kier molecular flexibility index (Phi) is 4.74. The molecular formula is C14H19FN4O2. The summed E-state index contributed by atoms with van der Waals surface area (Å²) in [4.78, 5) is 13.1. The Bertz CT molecular complexity index is 562. The second-order valence-electron chi connectivity index (χ2n) is 5.18. The lowest BCUT2D eigenvalue weighted by Gasteiger charge is -2.30. The zero-order chi connectivity index (χ0) is 15.4. The molecule has 1 aromatic carbocycles. The van der Waals surface area contributed by atoms with Gasteiger partial charge in [0.15, 0.2) is 5.84 Å². The third kappa shape index (κ3) is 3.69. The van der Waals surface area contributed by atoms with Gasteiger partial charge in [-0.05, 0) is 24.1 Å². The lowest BCUT2D eigenvalue weighted by atomic mass is 10.0. The van der Waals surface area contributed by atoms with Gasteiger partial charge in [-0.15, -0.1) is 0 Å². The van der Waals surface area contributed by atoms with Crippen molar-refractivity contribution in [3.8, 4) is 0 Å². The predicted octanol–water partition coefficient (Wildman–Crippen LogP) is 0.631. The van der Waals surface area contributed by atoms with Gasteiger partial charge in [-0.2, -0.15) is 0 Å². The van der Waals surface area contributed by atoms with Crippen LogP contribution in [0.5, 0.6) is 0 Å². The molecule has 1 amide bonds. The van der Waals surface area contributed by atoms with E-state index in [1.54, 1.807) is 18.0 Å². The van der Waals surface area contributed by atoms with Gasteiger partial charge >= 0.3 is 0 Å². The molecule has 0 aromatic heterocycles. The van der Waals surface area contributed by atoms with Crippen LogP contribution in [0.25, 0.3) is 0 Å². The Morgan fingerprint density at radius 3 is 3.05 bits per heavy atom. The van der Waals surface area contributed by atoms with Gasteiger partial charge < -0.3 is 21.2 Å². The fraction of sp³-hybridized carbons (Fsp3) is 0.429. The highest BCUT2D eigenvalue weighted by Gasteiger charge is 2.22. The molecule has 1 saturated heterocycles. The Balaban J connectivity index is 2.05. The number of hydrogen-bond donors (Lipinski definition) is 3. The van der Waals surface area contributed by atoms with Gasteiger partial charge in [0.25, 0.3) is 0 Å². The molecule has 1 aromatic rings. The van der Waals surface area contributed by atoms with E-state index in [9.17, 15) is 9.18 Å². The van der Waals surface area contributed by atoms with Crippen molar-refractivity contribution < 1.29 is 14.4 Å². The van der Waals surface area contributed by atoms with Gasteiger partial charge in [-0.3, -0.25) is 4.79 Å². The van der Waals surface area contributed by atoms with E-state index in [2.05, 4.69) is 10.5 Å². The third-order valence-electron chi connectivity index (χ3n) is 3.66. The average molecular weight is 294 g/mol. The third-order valence-corrected chi connectivity index (χ3v) is 3.66. The lowest BCUT2D eigenvalue weighted by molar-refractivity contribution is -0.132. The molecule has 1 aliphatic heterocycles. The number of oxime groups is 1. The maximum atomic E-state index is 13.3. The number of nitrogens with one attached hydrogen (secondary N) is 1. The van der Waals surface area contributed by atoms with E-state index in [-0.39, 0.29) is 17.8 Å². The summed E-state index contributed by atoms with van der Waals surface area (Å²) >= 11 is 0. The number of carbonyl (C=O) groups excluding carboxylic acids is 1. The number of nitrogens with zero attached hydrogens (tertiary/aromatic N) is 2. The first-order valence-electron chi connectivity index (χ1n) is 6.75. The Morgan fingerprint density at radius 2 is 2.38 bits per heavy atom. The second kappa shape index (κ2) is 6.53. The Hall–Kier alpha value is -2.15. The molecule has 6 nitrogen and oxygen atoms in total. The molecule has 0 spiro atoms. The molecule has 4 N–H and O–H groups in total. The number of amidine groups is 1. The van der Waals surface area contributed by atoms with Gasteiger partial charge in [0.2, 0.25) is 5.91 Å². The van der Waals surface area contributed by atoms with Crippen LogP contribution < -0.4 is 11.1 Å². The maximum absolute atomic E-state index is 13.3. The van der Waals surface area contributed by atoms with Crippen molar-refractivity contribution in [2.75, 3.05) is 13.6 Å². The minimum atomic E-state index is -0.441. The van der Waals surface area contributed by atoms with Crippen LogP contribution in [0.3, 0.4) is 0 Å². The van der Waals surface area contributed by atoms with Gasteiger partial charge in [0, 0.05) is 38.2 Å². The van der Waals surface area contributed by atoms with Crippen molar-refractivity contribution in [1.82, 2.24) is 10.2 Å². The number of likely N-dealkylation sites (N-methyl/N-ethyl adjacent to an activating group) is 1. The highest BCUT2D eigenvalue weighted by atomic mass is 19.1. The Labute approximate surface area is 122 Å². The van der Waals surface area contributed by atoms with Crippen molar-refractivity contribution in [1.29, 1.82) is 0 Å². The molecular weight excluding hydrogens is 275 g/mol. The SMILES string of the molecule is CN1CC(NCc2ccc(F)cc2C(N)=NO)CCC1=O. The molecule has 1 unspecified atom stereocenters. The highest BCUT2D eigenvalue weighted by molar-refractivity contribution is 5.98. The van der Waals surface area contributed by atoms with E-state index in [0.29, 0.717) is 25.1 Å². The standard InChI is InChI=1S/C14H19FN4O2/c1-19-8-11(4-5-13(19)20)17-7-9-2-3-10(15)6-12(9)14(16)18-21/h2-3,6,11,17,21H,4-5,7-8H2,1H3,(H2,16,18). The summed E-state index contributed by atoms with van der Waals surface area (Å²) in [5, 5.41) is 15.0. The number of rotatable bonds is 4. The van der Waals surface area contributed by atoms with Crippen LogP contribution in [0.2, 0.25) is 0 Å². The first-order valence-corrected chi connectivity index (χ1v) is 6.75. The number of piperidine rings is 1. The summed E-state index contributed by atoms with van der Waals surface area (Å²) in [6.45, 7) is 1.09. The fourth-order valence-corrected chi connectivity index (χ4v) is 2.43. The van der Waals surface area contributed by atoms with Crippen LogP contribution >= 0.6 is 0 Å². The second-order valence-corrected chi connectivity index (χ2v) is 5.18. The average Bonchev–Trinajstić information content (AvgIpc) is 2.48. The van der Waals surface area contributed by atoms with Crippen LogP contribution in [0, 0.1) is 5.82 Å². The number of nitrogens with two attached hydrogens (primary N) is 1. The minimum absolute atomic E-state index is 0.123. The van der Waals surface area contributed by atoms with Gasteiger partial charge in [0.05, 0.1) is 0 Å². The van der Waals surface area contributed by atoms with Crippen LogP contribution in [-0.4, -0.2) is 41.5 Å². The van der Waals surface area contributed by atoms with Crippen LogP contribution in [-0.2, 0) is 11.3 Å². The first kappa shape index (κ1) is 15.2. The van der Waals surface area contributed by atoms with E-state index >= 15 is 0 Å². The van der Waals surface area contributed by atoms with Gasteiger partial charge in [0.1, 0.15) is 5.82 Å². The zero-order valence-electron chi connectivity index (χ0n) is 11.8. The quantitative estimate of drug-likeness (QED) is 0.329. The molecule has 1 heterocycles. The van der Waals surface area contributed by atoms with Crippen molar-refractivity contribution in [2.24, 2.45) is 10.9 Å². The highest BCUT2D eigenvalue weighted by Crippen LogP contribution is 2.14. The van der Waals surface area contributed by atoms with Crippen LogP contribution in [0.1, 0.15) is 24.0 Å². The number of hydrogen-bond acceptors (Lipinski definition) is 4.